The molecule has 0 bridgehead atoms. The van der Waals surface area contributed by atoms with Gasteiger partial charge in [0.15, 0.2) is 0 Å². The molecule has 1 aromatic carbocycles. The number of hydrogen-bond donors (Lipinski definition) is 2. The summed E-state index contributed by atoms with van der Waals surface area (Å²) < 4.78 is 1.68. The van der Waals surface area contributed by atoms with E-state index in [0.717, 1.165) is 23.9 Å². The predicted octanol–water partition coefficient (Wildman–Crippen LogP) is 1.06. The van der Waals surface area contributed by atoms with Gasteiger partial charge in [-0.1, -0.05) is 18.2 Å². The van der Waals surface area contributed by atoms with Crippen molar-refractivity contribution in [2.45, 2.75) is 18.9 Å². The Morgan fingerprint density at radius 2 is 2.05 bits per heavy atom. The summed E-state index contributed by atoms with van der Waals surface area (Å²) >= 11 is 0. The van der Waals surface area contributed by atoms with E-state index < -0.39 is 6.04 Å². The molecule has 0 aliphatic carbocycles. The monoisotopic (exact) mass is 288 g/mol. The van der Waals surface area contributed by atoms with Crippen LogP contribution in [0, 0.1) is 0 Å². The molecule has 21 heavy (non-hydrogen) atoms. The van der Waals surface area contributed by atoms with Crippen LogP contribution in [0.5, 0.6) is 0 Å². The van der Waals surface area contributed by atoms with Crippen LogP contribution < -0.4 is 11.5 Å². The van der Waals surface area contributed by atoms with Gasteiger partial charge in [-0.15, -0.1) is 0 Å². The summed E-state index contributed by atoms with van der Waals surface area (Å²) in [5.41, 5.74) is 13.5. The van der Waals surface area contributed by atoms with Crippen LogP contribution in [0.4, 0.5) is 0 Å². The van der Waals surface area contributed by atoms with E-state index in [2.05, 4.69) is 11.0 Å². The molecule has 0 radical (unpaired) electrons. The molecule has 2 aromatic rings. The van der Waals surface area contributed by atoms with Crippen LogP contribution in [0.3, 0.4) is 0 Å². The highest BCUT2D eigenvalue weighted by Gasteiger charge is 2.18. The molecule has 1 atom stereocenters. The van der Waals surface area contributed by atoms with Crippen molar-refractivity contribution in [1.82, 2.24) is 9.47 Å². The van der Waals surface area contributed by atoms with E-state index in [1.54, 1.807) is 4.57 Å². The molecule has 0 aliphatic heterocycles. The molecule has 1 unspecified atom stereocenters. The Bertz CT molecular complexity index is 618. The molecule has 0 amide bonds. The molecule has 1 aromatic heterocycles. The summed E-state index contributed by atoms with van der Waals surface area (Å²) in [7, 11) is 4.09. The van der Waals surface area contributed by atoms with Gasteiger partial charge < -0.3 is 16.4 Å². The van der Waals surface area contributed by atoms with Gasteiger partial charge >= 0.3 is 0 Å². The van der Waals surface area contributed by atoms with Crippen molar-refractivity contribution in [2.75, 3.05) is 27.2 Å². The zero-order valence-electron chi connectivity index (χ0n) is 12.7. The SMILES string of the molecule is CN(C)CCc1cn(C(=O)C(N)CCN)c2ccccc12. The quantitative estimate of drug-likeness (QED) is 0.833. The maximum atomic E-state index is 12.5. The second-order valence-electron chi connectivity index (χ2n) is 5.62. The van der Waals surface area contributed by atoms with E-state index in [1.165, 1.54) is 5.56 Å². The van der Waals surface area contributed by atoms with Gasteiger partial charge in [0.2, 0.25) is 5.91 Å². The minimum absolute atomic E-state index is 0.0900. The number of carbonyl (C=O) groups is 1. The van der Waals surface area contributed by atoms with Gasteiger partial charge in [0.25, 0.3) is 0 Å². The van der Waals surface area contributed by atoms with Gasteiger partial charge in [0.1, 0.15) is 0 Å². The lowest BCUT2D eigenvalue weighted by molar-refractivity contribution is 0.0881. The third-order valence-electron chi connectivity index (χ3n) is 3.66. The first-order chi connectivity index (χ1) is 10.0. The molecular weight excluding hydrogens is 264 g/mol. The van der Waals surface area contributed by atoms with Crippen molar-refractivity contribution in [2.24, 2.45) is 11.5 Å². The number of likely N-dealkylation sites (N-methyl/N-ethyl adjacent to an activating group) is 1. The van der Waals surface area contributed by atoms with Gasteiger partial charge in [0, 0.05) is 18.1 Å². The molecule has 5 nitrogen and oxygen atoms in total. The van der Waals surface area contributed by atoms with Gasteiger partial charge in [-0.2, -0.15) is 0 Å². The zero-order chi connectivity index (χ0) is 15.4. The third-order valence-corrected chi connectivity index (χ3v) is 3.66. The summed E-state index contributed by atoms with van der Waals surface area (Å²) in [5, 5.41) is 1.12. The van der Waals surface area contributed by atoms with Crippen LogP contribution in [0.15, 0.2) is 30.5 Å². The van der Waals surface area contributed by atoms with Crippen LogP contribution in [0.25, 0.3) is 10.9 Å². The summed E-state index contributed by atoms with van der Waals surface area (Å²) in [6, 6.07) is 7.40. The van der Waals surface area contributed by atoms with Crippen LogP contribution in [-0.2, 0) is 6.42 Å². The summed E-state index contributed by atoms with van der Waals surface area (Å²) in [5.74, 6) is -0.0900. The highest BCUT2D eigenvalue weighted by atomic mass is 16.2. The number of fused-ring (bicyclic) bond motifs is 1. The van der Waals surface area contributed by atoms with E-state index in [-0.39, 0.29) is 5.91 Å². The summed E-state index contributed by atoms with van der Waals surface area (Å²) in [4.78, 5) is 14.6. The second kappa shape index (κ2) is 6.85. The first kappa shape index (κ1) is 15.7. The minimum Gasteiger partial charge on any atom is -0.330 e. The van der Waals surface area contributed by atoms with Crippen molar-refractivity contribution in [3.63, 3.8) is 0 Å². The minimum atomic E-state index is -0.549. The van der Waals surface area contributed by atoms with Crippen LogP contribution in [-0.4, -0.2) is 48.6 Å². The molecule has 0 fully saturated rings. The Hall–Kier alpha value is -1.69. The fraction of sp³-hybridized carbons (Fsp3) is 0.438. The second-order valence-corrected chi connectivity index (χ2v) is 5.62. The van der Waals surface area contributed by atoms with E-state index in [0.29, 0.717) is 13.0 Å². The Labute approximate surface area is 125 Å². The lowest BCUT2D eigenvalue weighted by Crippen LogP contribution is -2.36. The first-order valence-corrected chi connectivity index (χ1v) is 7.28. The zero-order valence-corrected chi connectivity index (χ0v) is 12.7. The van der Waals surface area contributed by atoms with E-state index in [1.807, 2.05) is 38.5 Å². The Kier molecular flexibility index (Phi) is 5.12. The lowest BCUT2D eigenvalue weighted by Gasteiger charge is -2.10. The standard InChI is InChI=1S/C16H24N4O/c1-19(2)10-8-12-11-20(16(21)14(18)7-9-17)15-6-4-3-5-13(12)15/h3-6,11,14H,7-10,17-18H2,1-2H3. The molecule has 0 saturated heterocycles. The smallest absolute Gasteiger partial charge is 0.248 e. The largest absolute Gasteiger partial charge is 0.330 e. The molecule has 2 rings (SSSR count). The molecule has 114 valence electrons. The molecule has 5 heteroatoms. The fourth-order valence-corrected chi connectivity index (χ4v) is 2.46. The molecule has 0 aliphatic rings. The normalized spacial score (nSPS) is 13.0. The molecule has 4 N–H and O–H groups in total. The van der Waals surface area contributed by atoms with Crippen molar-refractivity contribution in [3.05, 3.63) is 36.0 Å². The van der Waals surface area contributed by atoms with Gasteiger partial charge in [-0.3, -0.25) is 9.36 Å². The highest BCUT2D eigenvalue weighted by Crippen LogP contribution is 2.22. The molecule has 0 saturated carbocycles. The maximum Gasteiger partial charge on any atom is 0.248 e. The number of nitrogens with zero attached hydrogens (tertiary/aromatic N) is 2. The van der Waals surface area contributed by atoms with E-state index in [9.17, 15) is 4.79 Å². The fourth-order valence-electron chi connectivity index (χ4n) is 2.46. The van der Waals surface area contributed by atoms with Gasteiger partial charge in [0.05, 0.1) is 11.6 Å². The van der Waals surface area contributed by atoms with Crippen LogP contribution >= 0.6 is 0 Å². The molecular formula is C16H24N4O. The number of nitrogens with two attached hydrogens (primary N) is 2. The predicted molar refractivity (Wildman–Crippen MR) is 86.5 cm³/mol. The van der Waals surface area contributed by atoms with Gasteiger partial charge in [-0.25, -0.2) is 0 Å². The highest BCUT2D eigenvalue weighted by molar-refractivity contribution is 5.96. The van der Waals surface area contributed by atoms with Crippen LogP contribution in [0.2, 0.25) is 0 Å². The number of rotatable bonds is 6. The number of aromatic nitrogens is 1. The van der Waals surface area contributed by atoms with Gasteiger partial charge in [-0.05, 0) is 45.1 Å². The van der Waals surface area contributed by atoms with E-state index in [4.69, 9.17) is 11.5 Å². The average Bonchev–Trinajstić information content (AvgIpc) is 2.83. The molecule has 1 heterocycles. The third kappa shape index (κ3) is 3.50. The Balaban J connectivity index is 2.37. The van der Waals surface area contributed by atoms with Crippen molar-refractivity contribution in [3.8, 4) is 0 Å². The van der Waals surface area contributed by atoms with Crippen molar-refractivity contribution in [1.29, 1.82) is 0 Å². The first-order valence-electron chi connectivity index (χ1n) is 7.28. The van der Waals surface area contributed by atoms with Crippen molar-refractivity contribution < 1.29 is 4.79 Å². The summed E-state index contributed by atoms with van der Waals surface area (Å²) in [6.45, 7) is 1.36. The van der Waals surface area contributed by atoms with Crippen LogP contribution in [0.1, 0.15) is 16.8 Å². The topological polar surface area (TPSA) is 77.3 Å². The number of carbonyl (C=O) groups excluding carboxylic acids is 1. The Morgan fingerprint density at radius 3 is 2.71 bits per heavy atom. The van der Waals surface area contributed by atoms with E-state index >= 15 is 0 Å². The molecule has 0 spiro atoms. The summed E-state index contributed by atoms with van der Waals surface area (Å²) in [6.07, 6.45) is 3.32. The Morgan fingerprint density at radius 1 is 1.33 bits per heavy atom. The van der Waals surface area contributed by atoms with Crippen molar-refractivity contribution >= 4 is 16.8 Å². The maximum absolute atomic E-state index is 12.5. The number of para-hydroxylation sites is 1. The number of benzene rings is 1. The average molecular weight is 288 g/mol. The lowest BCUT2D eigenvalue weighted by atomic mass is 10.1. The number of hydrogen-bond acceptors (Lipinski definition) is 4.